The van der Waals surface area contributed by atoms with Gasteiger partial charge in [-0.15, -0.1) is 0 Å². The van der Waals surface area contributed by atoms with Gasteiger partial charge in [0.15, 0.2) is 0 Å². The smallest absolute Gasteiger partial charge is 0.307 e. The molecule has 202 valence electrons. The Morgan fingerprint density at radius 1 is 0.744 bits per heavy atom. The molecule has 0 N–H and O–H groups in total. The fourth-order valence-electron chi connectivity index (χ4n) is 4.94. The third-order valence-electron chi connectivity index (χ3n) is 7.01. The molecule has 0 saturated carbocycles. The van der Waals surface area contributed by atoms with E-state index in [9.17, 15) is 4.79 Å². The van der Waals surface area contributed by atoms with Crippen LogP contribution >= 0.6 is 0 Å². The Labute approximate surface area is 232 Å². The second-order valence-electron chi connectivity index (χ2n) is 9.50. The highest BCUT2D eigenvalue weighted by Gasteiger charge is 2.30. The van der Waals surface area contributed by atoms with Crippen LogP contribution in [-0.4, -0.2) is 31.7 Å². The van der Waals surface area contributed by atoms with Crippen LogP contribution in [0.15, 0.2) is 103 Å². The molecule has 0 radical (unpaired) electrons. The molecule has 0 spiro atoms. The standard InChI is InChI=1S/C34H37NO4/c1-5-39-34(36)23-33(30-19-29(21-32(22-30)38-4)28-17-12-18-31(20-28)37-3)35(24-26-13-8-6-9-14-26)25(2)27-15-10-7-11-16-27/h6-22,25,33H,5,23-24H2,1-4H3/t25-,33+/m1/s1. The Balaban J connectivity index is 1.85. The molecular weight excluding hydrogens is 486 g/mol. The first-order valence-electron chi connectivity index (χ1n) is 13.4. The Hall–Kier alpha value is -4.09. The second kappa shape index (κ2) is 13.6. The van der Waals surface area contributed by atoms with Crippen LogP contribution in [-0.2, 0) is 16.1 Å². The topological polar surface area (TPSA) is 48.0 Å². The van der Waals surface area contributed by atoms with E-state index in [0.717, 1.165) is 28.2 Å². The van der Waals surface area contributed by atoms with Crippen molar-refractivity contribution in [1.29, 1.82) is 0 Å². The minimum absolute atomic E-state index is 0.0253. The summed E-state index contributed by atoms with van der Waals surface area (Å²) in [5.74, 6) is 1.28. The van der Waals surface area contributed by atoms with Crippen LogP contribution in [0.25, 0.3) is 11.1 Å². The number of carbonyl (C=O) groups excluding carboxylic acids is 1. The van der Waals surface area contributed by atoms with Gasteiger partial charge in [-0.25, -0.2) is 0 Å². The summed E-state index contributed by atoms with van der Waals surface area (Å²) in [6.45, 7) is 5.03. The fourth-order valence-corrected chi connectivity index (χ4v) is 4.94. The average molecular weight is 524 g/mol. The molecule has 4 aromatic carbocycles. The molecule has 0 bridgehead atoms. The first-order chi connectivity index (χ1) is 19.0. The Morgan fingerprint density at radius 2 is 1.41 bits per heavy atom. The first-order valence-corrected chi connectivity index (χ1v) is 13.4. The van der Waals surface area contributed by atoms with Crippen molar-refractivity contribution in [3.63, 3.8) is 0 Å². The third-order valence-corrected chi connectivity index (χ3v) is 7.01. The predicted octanol–water partition coefficient (Wildman–Crippen LogP) is 7.63. The van der Waals surface area contributed by atoms with Gasteiger partial charge in [0.2, 0.25) is 0 Å². The van der Waals surface area contributed by atoms with E-state index in [2.05, 4.69) is 60.4 Å². The number of benzene rings is 4. The van der Waals surface area contributed by atoms with Gasteiger partial charge in [-0.1, -0.05) is 72.8 Å². The molecule has 0 fully saturated rings. The Bertz CT molecular complexity index is 1340. The lowest BCUT2D eigenvalue weighted by Gasteiger charge is -2.37. The van der Waals surface area contributed by atoms with Crippen molar-refractivity contribution in [3.8, 4) is 22.6 Å². The molecule has 2 atom stereocenters. The number of nitrogens with zero attached hydrogens (tertiary/aromatic N) is 1. The number of hydrogen-bond donors (Lipinski definition) is 0. The maximum absolute atomic E-state index is 13.0. The largest absolute Gasteiger partial charge is 0.497 e. The second-order valence-corrected chi connectivity index (χ2v) is 9.50. The third kappa shape index (κ3) is 7.27. The zero-order valence-corrected chi connectivity index (χ0v) is 23.2. The Kier molecular flexibility index (Phi) is 9.76. The number of hydrogen-bond acceptors (Lipinski definition) is 5. The highest BCUT2D eigenvalue weighted by Crippen LogP contribution is 2.38. The number of esters is 1. The van der Waals surface area contributed by atoms with Crippen molar-refractivity contribution in [1.82, 2.24) is 4.90 Å². The van der Waals surface area contributed by atoms with Crippen LogP contribution in [0.1, 0.15) is 49.0 Å². The highest BCUT2D eigenvalue weighted by atomic mass is 16.5. The molecule has 39 heavy (non-hydrogen) atoms. The van der Waals surface area contributed by atoms with Crippen LogP contribution in [0.4, 0.5) is 0 Å². The van der Waals surface area contributed by atoms with Gasteiger partial charge in [-0.2, -0.15) is 0 Å². The molecule has 0 amide bonds. The first kappa shape index (κ1) is 27.9. The molecule has 0 saturated heterocycles. The van der Waals surface area contributed by atoms with Gasteiger partial charge in [-0.3, -0.25) is 9.69 Å². The summed E-state index contributed by atoms with van der Waals surface area (Å²) < 4.78 is 16.7. The molecule has 4 rings (SSSR count). The van der Waals surface area contributed by atoms with Crippen molar-refractivity contribution < 1.29 is 19.0 Å². The van der Waals surface area contributed by atoms with E-state index in [1.807, 2.05) is 61.5 Å². The average Bonchev–Trinajstić information content (AvgIpc) is 2.99. The highest BCUT2D eigenvalue weighted by molar-refractivity contribution is 5.72. The molecule has 0 unspecified atom stereocenters. The van der Waals surface area contributed by atoms with Crippen molar-refractivity contribution in [2.24, 2.45) is 0 Å². The monoisotopic (exact) mass is 523 g/mol. The number of carbonyl (C=O) groups is 1. The van der Waals surface area contributed by atoms with Gasteiger partial charge in [0, 0.05) is 18.6 Å². The van der Waals surface area contributed by atoms with Gasteiger partial charge in [0.1, 0.15) is 11.5 Å². The molecule has 0 heterocycles. The maximum atomic E-state index is 13.0. The van der Waals surface area contributed by atoms with Crippen LogP contribution in [0, 0.1) is 0 Å². The van der Waals surface area contributed by atoms with E-state index in [1.54, 1.807) is 14.2 Å². The lowest BCUT2D eigenvalue weighted by atomic mass is 9.93. The normalized spacial score (nSPS) is 12.5. The van der Waals surface area contributed by atoms with Crippen LogP contribution in [0.5, 0.6) is 11.5 Å². The molecule has 5 nitrogen and oxygen atoms in total. The van der Waals surface area contributed by atoms with Gasteiger partial charge in [-0.05, 0) is 72.0 Å². The summed E-state index contributed by atoms with van der Waals surface area (Å²) >= 11 is 0. The van der Waals surface area contributed by atoms with E-state index in [-0.39, 0.29) is 24.5 Å². The molecule has 4 aromatic rings. The van der Waals surface area contributed by atoms with Crippen LogP contribution in [0.3, 0.4) is 0 Å². The fraction of sp³-hybridized carbons (Fsp3) is 0.265. The maximum Gasteiger partial charge on any atom is 0.307 e. The molecule has 0 aromatic heterocycles. The molecule has 0 aliphatic heterocycles. The quantitative estimate of drug-likeness (QED) is 0.179. The van der Waals surface area contributed by atoms with Crippen molar-refractivity contribution >= 4 is 5.97 Å². The Morgan fingerprint density at radius 3 is 2.08 bits per heavy atom. The summed E-state index contributed by atoms with van der Waals surface area (Å²) in [5.41, 5.74) is 5.33. The van der Waals surface area contributed by atoms with Gasteiger partial charge in [0.05, 0.1) is 27.2 Å². The van der Waals surface area contributed by atoms with Crippen molar-refractivity contribution in [2.75, 3.05) is 20.8 Å². The van der Waals surface area contributed by atoms with Crippen LogP contribution < -0.4 is 9.47 Å². The van der Waals surface area contributed by atoms with Gasteiger partial charge < -0.3 is 14.2 Å². The van der Waals surface area contributed by atoms with E-state index in [4.69, 9.17) is 14.2 Å². The molecule has 5 heteroatoms. The van der Waals surface area contributed by atoms with E-state index < -0.39 is 0 Å². The summed E-state index contributed by atoms with van der Waals surface area (Å²) in [5, 5.41) is 0. The summed E-state index contributed by atoms with van der Waals surface area (Å²) in [6.07, 6.45) is 0.211. The summed E-state index contributed by atoms with van der Waals surface area (Å²) in [7, 11) is 3.33. The van der Waals surface area contributed by atoms with Crippen molar-refractivity contribution in [2.45, 2.75) is 38.9 Å². The molecular formula is C34H37NO4. The number of ether oxygens (including phenoxy) is 3. The number of methoxy groups -OCH3 is 2. The van der Waals surface area contributed by atoms with E-state index in [1.165, 1.54) is 11.1 Å². The minimum Gasteiger partial charge on any atom is -0.497 e. The number of rotatable bonds is 12. The van der Waals surface area contributed by atoms with Crippen LogP contribution in [0.2, 0.25) is 0 Å². The van der Waals surface area contributed by atoms with E-state index in [0.29, 0.717) is 13.2 Å². The lowest BCUT2D eigenvalue weighted by molar-refractivity contribution is -0.145. The van der Waals surface area contributed by atoms with Gasteiger partial charge in [0.25, 0.3) is 0 Å². The zero-order valence-electron chi connectivity index (χ0n) is 23.2. The minimum atomic E-state index is -0.265. The molecule has 0 aliphatic carbocycles. The lowest BCUT2D eigenvalue weighted by Crippen LogP contribution is -2.33. The molecule has 0 aliphatic rings. The van der Waals surface area contributed by atoms with Gasteiger partial charge >= 0.3 is 5.97 Å². The SMILES string of the molecule is CCOC(=O)C[C@@H](c1cc(OC)cc(-c2cccc(OC)c2)c1)N(Cc1ccccc1)[C@H](C)c1ccccc1. The predicted molar refractivity (Wildman–Crippen MR) is 156 cm³/mol. The summed E-state index contributed by atoms with van der Waals surface area (Å²) in [4.78, 5) is 15.4. The van der Waals surface area contributed by atoms with Crippen molar-refractivity contribution in [3.05, 3.63) is 120 Å². The van der Waals surface area contributed by atoms with E-state index >= 15 is 0 Å². The zero-order chi connectivity index (χ0) is 27.6. The summed E-state index contributed by atoms with van der Waals surface area (Å²) in [6, 6.07) is 34.7.